The van der Waals surface area contributed by atoms with Gasteiger partial charge in [0, 0.05) is 35.5 Å². The number of ketones is 1. The number of nitrogens with one attached hydrogen (secondary N) is 1. The van der Waals surface area contributed by atoms with Crippen LogP contribution in [-0.4, -0.2) is 48.1 Å². The number of pyridine rings is 1. The van der Waals surface area contributed by atoms with Gasteiger partial charge in [-0.05, 0) is 75.6 Å². The van der Waals surface area contributed by atoms with Crippen LogP contribution in [0.1, 0.15) is 61.1 Å². The normalized spacial score (nSPS) is 19.3. The van der Waals surface area contributed by atoms with Gasteiger partial charge in [-0.3, -0.25) is 4.79 Å². The zero-order valence-corrected chi connectivity index (χ0v) is 24.7. The summed E-state index contributed by atoms with van der Waals surface area (Å²) in [4.78, 5) is 18.0. The summed E-state index contributed by atoms with van der Waals surface area (Å²) in [7, 11) is 1.54. The first-order chi connectivity index (χ1) is 19.5. The number of carbonyl (C=O) groups excluding carboxylic acids is 1. The fraction of sp³-hybridized carbons (Fsp3) is 0.419. The van der Waals surface area contributed by atoms with Crippen LogP contribution in [0.5, 0.6) is 17.2 Å². The molecule has 1 fully saturated rings. The highest BCUT2D eigenvalue weighted by Crippen LogP contribution is 2.45. The minimum atomic E-state index is -1.47. The summed E-state index contributed by atoms with van der Waals surface area (Å²) in [5, 5.41) is 15.0. The molecule has 2 atom stereocenters. The molecule has 7 nitrogen and oxygen atoms in total. The summed E-state index contributed by atoms with van der Waals surface area (Å²) in [6.45, 7) is 4.46. The zero-order chi connectivity index (χ0) is 29.4. The van der Waals surface area contributed by atoms with Crippen molar-refractivity contribution < 1.29 is 28.5 Å². The smallest absolute Gasteiger partial charge is 0.163 e. The molecule has 0 spiro atoms. The number of halogens is 3. The number of nitrogens with zero attached hydrogens (tertiary/aromatic N) is 1. The third-order valence-corrected chi connectivity index (χ3v) is 8.05. The molecule has 2 N–H and O–H groups in total. The minimum absolute atomic E-state index is 0.0502. The van der Waals surface area contributed by atoms with E-state index in [2.05, 4.69) is 5.32 Å². The Morgan fingerprint density at radius 1 is 1.24 bits per heavy atom. The molecule has 0 radical (unpaired) electrons. The van der Waals surface area contributed by atoms with Crippen molar-refractivity contribution in [2.45, 2.75) is 56.8 Å². The summed E-state index contributed by atoms with van der Waals surface area (Å²) < 4.78 is 31.4. The van der Waals surface area contributed by atoms with E-state index in [1.165, 1.54) is 12.1 Å². The van der Waals surface area contributed by atoms with E-state index in [1.54, 1.807) is 44.4 Å². The quantitative estimate of drug-likeness (QED) is 0.183. The van der Waals surface area contributed by atoms with Crippen LogP contribution >= 0.6 is 23.2 Å². The lowest BCUT2D eigenvalue weighted by Crippen LogP contribution is -2.42. The van der Waals surface area contributed by atoms with Gasteiger partial charge in [0.2, 0.25) is 0 Å². The summed E-state index contributed by atoms with van der Waals surface area (Å²) >= 11 is 12.1. The molecule has 41 heavy (non-hydrogen) atoms. The number of hydrogen-bond donors (Lipinski definition) is 2. The first kappa shape index (κ1) is 29.6. The highest BCUT2D eigenvalue weighted by atomic mass is 35.5. The molecule has 2 aromatic carbocycles. The molecule has 1 aromatic heterocycles. The summed E-state index contributed by atoms with van der Waals surface area (Å²) in [5.74, 6) is 1.34. The molecule has 2 aliphatic rings. The van der Waals surface area contributed by atoms with Crippen molar-refractivity contribution in [3.05, 3.63) is 70.1 Å². The van der Waals surface area contributed by atoms with Crippen molar-refractivity contribution in [1.29, 1.82) is 0 Å². The largest absolute Gasteiger partial charge is 0.493 e. The first-order valence-electron chi connectivity index (χ1n) is 13.6. The van der Waals surface area contributed by atoms with Gasteiger partial charge in [0.1, 0.15) is 23.7 Å². The molecule has 0 bridgehead atoms. The molecule has 5 rings (SSSR count). The maximum absolute atomic E-state index is 14.0. The fourth-order valence-electron chi connectivity index (χ4n) is 4.90. The third-order valence-electron chi connectivity index (χ3n) is 7.57. The van der Waals surface area contributed by atoms with Gasteiger partial charge in [0.05, 0.1) is 29.5 Å². The monoisotopic (exact) mass is 602 g/mol. The molecule has 2 heterocycles. The lowest BCUT2D eigenvalue weighted by molar-refractivity contribution is 0.0396. The number of aromatic nitrogens is 1. The number of benzene rings is 2. The molecule has 1 saturated carbocycles. The number of hydrogen-bond acceptors (Lipinski definition) is 7. The van der Waals surface area contributed by atoms with E-state index in [4.69, 9.17) is 42.4 Å². The van der Waals surface area contributed by atoms with Crippen LogP contribution in [0.2, 0.25) is 5.02 Å². The van der Waals surface area contributed by atoms with Crippen molar-refractivity contribution in [1.82, 2.24) is 10.3 Å². The molecular weight excluding hydrogens is 570 g/mol. The van der Waals surface area contributed by atoms with Crippen molar-refractivity contribution in [2.75, 3.05) is 26.1 Å². The Morgan fingerprint density at radius 2 is 2.02 bits per heavy atom. The molecule has 3 aromatic rings. The van der Waals surface area contributed by atoms with E-state index in [1.807, 2.05) is 6.92 Å². The van der Waals surface area contributed by atoms with E-state index in [0.29, 0.717) is 58.8 Å². The Morgan fingerprint density at radius 3 is 2.71 bits per heavy atom. The molecular formula is C31H33Cl2FN2O5. The number of aliphatic hydroxyl groups is 1. The van der Waals surface area contributed by atoms with Crippen LogP contribution < -0.4 is 19.5 Å². The van der Waals surface area contributed by atoms with Gasteiger partial charge in [0.15, 0.2) is 23.0 Å². The average molecular weight is 604 g/mol. The van der Waals surface area contributed by atoms with Crippen LogP contribution in [0, 0.1) is 5.82 Å². The summed E-state index contributed by atoms with van der Waals surface area (Å²) in [5.41, 5.74) is 0.504. The van der Waals surface area contributed by atoms with Gasteiger partial charge < -0.3 is 24.6 Å². The van der Waals surface area contributed by atoms with Crippen molar-refractivity contribution in [3.8, 4) is 28.5 Å². The van der Waals surface area contributed by atoms with E-state index < -0.39 is 17.0 Å². The molecule has 0 amide bonds. The number of methoxy groups -OCH3 is 1. The summed E-state index contributed by atoms with van der Waals surface area (Å²) in [6, 6.07) is 11.3. The Balaban J connectivity index is 1.44. The van der Waals surface area contributed by atoms with Gasteiger partial charge in [-0.1, -0.05) is 11.6 Å². The fourth-order valence-corrected chi connectivity index (χ4v) is 5.18. The molecule has 218 valence electrons. The van der Waals surface area contributed by atoms with Gasteiger partial charge >= 0.3 is 0 Å². The van der Waals surface area contributed by atoms with Crippen LogP contribution in [0.25, 0.3) is 11.3 Å². The molecule has 0 saturated heterocycles. The van der Waals surface area contributed by atoms with Crippen molar-refractivity contribution in [3.63, 3.8) is 0 Å². The standard InChI is InChI=1S/C31H33Cl2FN2O5/c1-30(35-13-12-32)17-40-29-21(30)16-27(36-28(29)19-4-8-23(34)22(33)14-19)31(2,38)11-10-24(37)18-5-9-25(26(15-18)39-3)41-20-6-7-20/h4-5,8-9,14-16,20,35,38H,6-7,10-13,17H2,1-3H3. The number of fused-ring (bicyclic) bond motifs is 1. The van der Waals surface area contributed by atoms with Crippen molar-refractivity contribution >= 4 is 29.0 Å². The van der Waals surface area contributed by atoms with Crippen LogP contribution in [0.4, 0.5) is 4.39 Å². The van der Waals surface area contributed by atoms with E-state index in [-0.39, 0.29) is 29.8 Å². The molecule has 1 aliphatic heterocycles. The first-order valence-corrected chi connectivity index (χ1v) is 14.5. The number of ether oxygens (including phenoxy) is 3. The number of carbonyl (C=O) groups is 1. The Kier molecular flexibility index (Phi) is 8.48. The van der Waals surface area contributed by atoms with Crippen LogP contribution in [0.15, 0.2) is 42.5 Å². The van der Waals surface area contributed by atoms with Gasteiger partial charge in [-0.2, -0.15) is 0 Å². The number of Topliss-reactive ketones (excluding diaryl/α,β-unsaturated/α-hetero) is 1. The lowest BCUT2D eigenvalue weighted by atomic mass is 9.87. The number of rotatable bonds is 12. The predicted molar refractivity (Wildman–Crippen MR) is 156 cm³/mol. The maximum Gasteiger partial charge on any atom is 0.163 e. The van der Waals surface area contributed by atoms with Crippen LogP contribution in [-0.2, 0) is 11.1 Å². The van der Waals surface area contributed by atoms with Gasteiger partial charge in [-0.25, -0.2) is 9.37 Å². The van der Waals surface area contributed by atoms with E-state index in [9.17, 15) is 14.3 Å². The third kappa shape index (κ3) is 6.31. The van der Waals surface area contributed by atoms with E-state index >= 15 is 0 Å². The van der Waals surface area contributed by atoms with E-state index in [0.717, 1.165) is 18.4 Å². The van der Waals surface area contributed by atoms with Gasteiger partial charge in [-0.15, -0.1) is 11.6 Å². The molecule has 10 heteroatoms. The number of alkyl halides is 1. The summed E-state index contributed by atoms with van der Waals surface area (Å²) in [6.07, 6.45) is 2.40. The highest BCUT2D eigenvalue weighted by molar-refractivity contribution is 6.31. The predicted octanol–water partition coefficient (Wildman–Crippen LogP) is 6.40. The molecule has 2 unspecified atom stereocenters. The zero-order valence-electron chi connectivity index (χ0n) is 23.2. The molecule has 1 aliphatic carbocycles. The average Bonchev–Trinajstić information content (AvgIpc) is 3.72. The second-order valence-corrected chi connectivity index (χ2v) is 11.8. The lowest BCUT2D eigenvalue weighted by Gasteiger charge is -2.28. The second-order valence-electron chi connectivity index (χ2n) is 11.0. The minimum Gasteiger partial charge on any atom is -0.493 e. The van der Waals surface area contributed by atoms with Crippen LogP contribution in [0.3, 0.4) is 0 Å². The Bertz CT molecular complexity index is 1460. The Hall–Kier alpha value is -2.91. The topological polar surface area (TPSA) is 89.9 Å². The SMILES string of the molecule is COc1cc(C(=O)CCC(C)(O)c2cc3c(c(-c4ccc(F)c(Cl)c4)n2)OCC3(C)NCCCl)ccc1OC1CC1. The highest BCUT2D eigenvalue weighted by Gasteiger charge is 2.40. The second kappa shape index (κ2) is 11.8. The Labute approximate surface area is 248 Å². The van der Waals surface area contributed by atoms with Gasteiger partial charge in [0.25, 0.3) is 0 Å². The maximum atomic E-state index is 14.0. The van der Waals surface area contributed by atoms with Crippen molar-refractivity contribution in [2.24, 2.45) is 0 Å².